The summed E-state index contributed by atoms with van der Waals surface area (Å²) in [7, 11) is 0. The maximum absolute atomic E-state index is 13.7. The Labute approximate surface area is 255 Å². The molecule has 4 aromatic rings. The number of amides is 3. The van der Waals surface area contributed by atoms with E-state index in [1.807, 2.05) is 43.5 Å². The van der Waals surface area contributed by atoms with Gasteiger partial charge in [-0.05, 0) is 29.5 Å². The molecule has 0 aliphatic rings. The number of imidazole rings is 1. The number of para-hydroxylation sites is 1. The first-order chi connectivity index (χ1) is 21.2. The van der Waals surface area contributed by atoms with E-state index in [2.05, 4.69) is 30.9 Å². The molecule has 12 heteroatoms. The zero-order chi connectivity index (χ0) is 31.6. The standard InChI is InChI=1S/C32H39N7O5/c1-3-19(2)28(31(42)38-27(32(43)44)13-20-9-5-4-6-10-20)39-30(41)26(15-22-17-34-18-36-22)37-29(40)24(33)14-21-16-35-25-12-8-7-11-23(21)25/h4-12,16-19,24,26-28,35H,3,13-15,33H2,1-2H3,(H,34,36)(H,37,40)(H,38,42)(H,39,41)(H,43,44). The minimum absolute atomic E-state index is 0.0674. The summed E-state index contributed by atoms with van der Waals surface area (Å²) in [6.07, 6.45) is 5.73. The van der Waals surface area contributed by atoms with Crippen molar-refractivity contribution in [2.75, 3.05) is 0 Å². The highest BCUT2D eigenvalue weighted by molar-refractivity contribution is 5.94. The molecule has 0 spiro atoms. The van der Waals surface area contributed by atoms with E-state index in [-0.39, 0.29) is 25.2 Å². The van der Waals surface area contributed by atoms with E-state index < -0.39 is 47.9 Å². The van der Waals surface area contributed by atoms with Gasteiger partial charge in [-0.15, -0.1) is 0 Å². The molecule has 44 heavy (non-hydrogen) atoms. The van der Waals surface area contributed by atoms with Crippen LogP contribution in [-0.4, -0.2) is 67.9 Å². The van der Waals surface area contributed by atoms with Crippen LogP contribution in [0, 0.1) is 5.92 Å². The Bertz CT molecular complexity index is 1550. The normalized spacial score (nSPS) is 14.6. The van der Waals surface area contributed by atoms with Crippen LogP contribution in [-0.2, 0) is 38.4 Å². The monoisotopic (exact) mass is 601 g/mol. The second-order valence-corrected chi connectivity index (χ2v) is 11.0. The topological polar surface area (TPSA) is 195 Å². The lowest BCUT2D eigenvalue weighted by Crippen LogP contribution is -2.59. The number of carbonyl (C=O) groups is 4. The number of carbonyl (C=O) groups excluding carboxylic acids is 3. The van der Waals surface area contributed by atoms with E-state index in [1.165, 1.54) is 12.5 Å². The van der Waals surface area contributed by atoms with Crippen LogP contribution >= 0.6 is 0 Å². The molecule has 0 radical (unpaired) electrons. The number of carboxylic acid groups (broad SMARTS) is 1. The van der Waals surface area contributed by atoms with Gasteiger partial charge in [0.15, 0.2) is 0 Å². The second-order valence-electron chi connectivity index (χ2n) is 11.0. The van der Waals surface area contributed by atoms with E-state index in [0.717, 1.165) is 22.0 Å². The molecule has 232 valence electrons. The number of aromatic amines is 2. The van der Waals surface area contributed by atoms with Gasteiger partial charge >= 0.3 is 5.97 Å². The van der Waals surface area contributed by atoms with Gasteiger partial charge in [0.25, 0.3) is 0 Å². The van der Waals surface area contributed by atoms with Crippen molar-refractivity contribution in [1.82, 2.24) is 30.9 Å². The number of aliphatic carboxylic acids is 1. The first-order valence-electron chi connectivity index (χ1n) is 14.6. The number of nitrogens with two attached hydrogens (primary N) is 1. The minimum Gasteiger partial charge on any atom is -0.480 e. The van der Waals surface area contributed by atoms with Gasteiger partial charge in [0.2, 0.25) is 17.7 Å². The summed E-state index contributed by atoms with van der Waals surface area (Å²) >= 11 is 0. The molecule has 0 aliphatic carbocycles. The summed E-state index contributed by atoms with van der Waals surface area (Å²) in [6, 6.07) is 12.4. The fourth-order valence-corrected chi connectivity index (χ4v) is 5.00. The molecule has 0 saturated carbocycles. The van der Waals surface area contributed by atoms with Crippen molar-refractivity contribution in [3.63, 3.8) is 0 Å². The molecule has 0 saturated heterocycles. The Morgan fingerprint density at radius 3 is 2.25 bits per heavy atom. The fraction of sp³-hybridized carbons (Fsp3) is 0.344. The predicted molar refractivity (Wildman–Crippen MR) is 165 cm³/mol. The number of rotatable bonds is 15. The third kappa shape index (κ3) is 8.32. The van der Waals surface area contributed by atoms with Gasteiger partial charge < -0.3 is 36.8 Å². The van der Waals surface area contributed by atoms with Crippen LogP contribution in [0.4, 0.5) is 0 Å². The number of hydrogen-bond donors (Lipinski definition) is 7. The lowest BCUT2D eigenvalue weighted by Gasteiger charge is -2.28. The molecule has 8 N–H and O–H groups in total. The Morgan fingerprint density at radius 2 is 1.57 bits per heavy atom. The first kappa shape index (κ1) is 32.0. The summed E-state index contributed by atoms with van der Waals surface area (Å²) in [5.74, 6) is -3.29. The SMILES string of the molecule is CCC(C)C(NC(=O)C(Cc1cnc[nH]1)NC(=O)C(N)Cc1c[nH]c2ccccc12)C(=O)NC(Cc1ccccc1)C(=O)O. The molecule has 2 aromatic heterocycles. The van der Waals surface area contributed by atoms with Crippen LogP contribution in [0.1, 0.15) is 37.1 Å². The van der Waals surface area contributed by atoms with Crippen LogP contribution in [0.5, 0.6) is 0 Å². The smallest absolute Gasteiger partial charge is 0.326 e. The average molecular weight is 602 g/mol. The largest absolute Gasteiger partial charge is 0.480 e. The molecule has 0 fully saturated rings. The van der Waals surface area contributed by atoms with E-state index in [4.69, 9.17) is 5.73 Å². The molecule has 12 nitrogen and oxygen atoms in total. The minimum atomic E-state index is -1.20. The molecule has 5 unspecified atom stereocenters. The molecule has 0 aliphatic heterocycles. The lowest BCUT2D eigenvalue weighted by molar-refractivity contribution is -0.142. The van der Waals surface area contributed by atoms with E-state index >= 15 is 0 Å². The highest BCUT2D eigenvalue weighted by Crippen LogP contribution is 2.19. The summed E-state index contributed by atoms with van der Waals surface area (Å²) < 4.78 is 0. The summed E-state index contributed by atoms with van der Waals surface area (Å²) in [5.41, 5.74) is 9.42. The van der Waals surface area contributed by atoms with Crippen molar-refractivity contribution >= 4 is 34.6 Å². The number of nitrogens with one attached hydrogen (secondary N) is 5. The summed E-state index contributed by atoms with van der Waals surface area (Å²) in [4.78, 5) is 62.4. The number of aromatic nitrogens is 3. The number of fused-ring (bicyclic) bond motifs is 1. The van der Waals surface area contributed by atoms with Crippen LogP contribution in [0.15, 0.2) is 73.3 Å². The fourth-order valence-electron chi connectivity index (χ4n) is 5.00. The van der Waals surface area contributed by atoms with E-state index in [0.29, 0.717) is 12.1 Å². The van der Waals surface area contributed by atoms with Gasteiger partial charge in [0.1, 0.15) is 18.1 Å². The third-order valence-electron chi connectivity index (χ3n) is 7.75. The Morgan fingerprint density at radius 1 is 0.864 bits per heavy atom. The summed E-state index contributed by atoms with van der Waals surface area (Å²) in [6.45, 7) is 3.65. The summed E-state index contributed by atoms with van der Waals surface area (Å²) in [5, 5.41) is 18.9. The van der Waals surface area contributed by atoms with Crippen molar-refractivity contribution in [2.24, 2.45) is 11.7 Å². The Kier molecular flexibility index (Phi) is 10.9. The molecule has 2 aromatic carbocycles. The zero-order valence-corrected chi connectivity index (χ0v) is 24.7. The van der Waals surface area contributed by atoms with Crippen LogP contribution in [0.2, 0.25) is 0 Å². The molecular formula is C32H39N7O5. The molecule has 4 rings (SSSR count). The maximum Gasteiger partial charge on any atom is 0.326 e. The Balaban J connectivity index is 1.47. The molecule has 3 amide bonds. The van der Waals surface area contributed by atoms with Crippen molar-refractivity contribution in [2.45, 2.75) is 63.7 Å². The average Bonchev–Trinajstić information content (AvgIpc) is 3.69. The van der Waals surface area contributed by atoms with Gasteiger partial charge in [0, 0.05) is 41.8 Å². The molecular weight excluding hydrogens is 562 g/mol. The van der Waals surface area contributed by atoms with Gasteiger partial charge in [0.05, 0.1) is 12.4 Å². The highest BCUT2D eigenvalue weighted by Gasteiger charge is 2.33. The third-order valence-corrected chi connectivity index (χ3v) is 7.75. The van der Waals surface area contributed by atoms with Crippen molar-refractivity contribution < 1.29 is 24.3 Å². The van der Waals surface area contributed by atoms with Gasteiger partial charge in [-0.1, -0.05) is 68.8 Å². The van der Waals surface area contributed by atoms with Crippen molar-refractivity contribution in [3.8, 4) is 0 Å². The van der Waals surface area contributed by atoms with Gasteiger partial charge in [-0.25, -0.2) is 9.78 Å². The molecule has 2 heterocycles. The number of benzene rings is 2. The van der Waals surface area contributed by atoms with Crippen LogP contribution in [0.3, 0.4) is 0 Å². The first-order valence-corrected chi connectivity index (χ1v) is 14.6. The zero-order valence-electron chi connectivity index (χ0n) is 24.7. The molecule has 0 bridgehead atoms. The number of hydrogen-bond acceptors (Lipinski definition) is 6. The van der Waals surface area contributed by atoms with Crippen molar-refractivity contribution in [3.05, 3.63) is 90.1 Å². The number of carboxylic acids is 1. The van der Waals surface area contributed by atoms with Crippen LogP contribution < -0.4 is 21.7 Å². The van der Waals surface area contributed by atoms with Gasteiger partial charge in [-0.2, -0.15) is 0 Å². The maximum atomic E-state index is 13.7. The van der Waals surface area contributed by atoms with Crippen LogP contribution in [0.25, 0.3) is 10.9 Å². The lowest BCUT2D eigenvalue weighted by atomic mass is 9.96. The van der Waals surface area contributed by atoms with E-state index in [1.54, 1.807) is 31.2 Å². The number of H-pyrrole nitrogens is 2. The Hall–Kier alpha value is -4.97. The quantitative estimate of drug-likeness (QED) is 0.108. The van der Waals surface area contributed by atoms with Crippen molar-refractivity contribution in [1.29, 1.82) is 0 Å². The van der Waals surface area contributed by atoms with E-state index in [9.17, 15) is 24.3 Å². The predicted octanol–water partition coefficient (Wildman–Crippen LogP) is 1.83. The number of nitrogens with zero attached hydrogens (tertiary/aromatic N) is 1. The van der Waals surface area contributed by atoms with Gasteiger partial charge in [-0.3, -0.25) is 14.4 Å². The highest BCUT2D eigenvalue weighted by atomic mass is 16.4. The second kappa shape index (κ2) is 15.0. The molecule has 5 atom stereocenters.